The highest BCUT2D eigenvalue weighted by Crippen LogP contribution is 2.16. The van der Waals surface area contributed by atoms with Crippen LogP contribution in [0, 0.1) is 13.8 Å². The lowest BCUT2D eigenvalue weighted by molar-refractivity contribution is 0.517. The third kappa shape index (κ3) is 5.35. The highest BCUT2D eigenvalue weighted by Gasteiger charge is 2.12. The summed E-state index contributed by atoms with van der Waals surface area (Å²) in [6.07, 6.45) is 8.93. The Hall–Kier alpha value is -0.830. The second-order valence-electron chi connectivity index (χ2n) is 5.82. The molecule has 1 aromatic rings. The molecule has 0 amide bonds. The Morgan fingerprint density at radius 1 is 1.11 bits per heavy atom. The number of aromatic nitrogens is 2. The molecule has 0 bridgehead atoms. The van der Waals surface area contributed by atoms with Crippen molar-refractivity contribution in [2.75, 3.05) is 0 Å². The van der Waals surface area contributed by atoms with Crippen LogP contribution >= 0.6 is 0 Å². The molecule has 1 aromatic heterocycles. The van der Waals surface area contributed by atoms with Gasteiger partial charge in [-0.25, -0.2) is 0 Å². The van der Waals surface area contributed by atoms with E-state index in [9.17, 15) is 0 Å². The molecule has 3 nitrogen and oxygen atoms in total. The van der Waals surface area contributed by atoms with E-state index in [4.69, 9.17) is 5.73 Å². The van der Waals surface area contributed by atoms with E-state index in [2.05, 4.69) is 37.5 Å². The molecular weight excluding hydrogens is 234 g/mol. The lowest BCUT2D eigenvalue weighted by Crippen LogP contribution is -2.18. The van der Waals surface area contributed by atoms with E-state index in [0.717, 1.165) is 18.7 Å². The summed E-state index contributed by atoms with van der Waals surface area (Å²) in [7, 11) is 0. The maximum atomic E-state index is 5.90. The largest absolute Gasteiger partial charge is 0.328 e. The van der Waals surface area contributed by atoms with Crippen molar-refractivity contribution in [3.8, 4) is 0 Å². The van der Waals surface area contributed by atoms with Crippen LogP contribution in [-0.2, 0) is 13.0 Å². The molecule has 0 aliphatic heterocycles. The third-order valence-electron chi connectivity index (χ3n) is 3.78. The van der Waals surface area contributed by atoms with Crippen molar-refractivity contribution in [2.24, 2.45) is 5.73 Å². The topological polar surface area (TPSA) is 43.8 Å². The number of nitrogens with two attached hydrogens (primary N) is 1. The summed E-state index contributed by atoms with van der Waals surface area (Å²) in [5.41, 5.74) is 9.71. The number of nitrogens with zero attached hydrogens (tertiary/aromatic N) is 2. The van der Waals surface area contributed by atoms with Crippen LogP contribution in [0.15, 0.2) is 0 Å². The summed E-state index contributed by atoms with van der Waals surface area (Å²) in [4.78, 5) is 0. The summed E-state index contributed by atoms with van der Waals surface area (Å²) in [5, 5.41) is 4.66. The van der Waals surface area contributed by atoms with Crippen LogP contribution in [0.3, 0.4) is 0 Å². The predicted octanol–water partition coefficient (Wildman–Crippen LogP) is 3.75. The van der Waals surface area contributed by atoms with Crippen LogP contribution in [0.4, 0.5) is 0 Å². The first-order chi connectivity index (χ1) is 9.06. The molecule has 1 heterocycles. The Balaban J connectivity index is 2.42. The maximum absolute atomic E-state index is 5.90. The summed E-state index contributed by atoms with van der Waals surface area (Å²) < 4.78 is 2.17. The summed E-state index contributed by atoms with van der Waals surface area (Å²) >= 11 is 0. The highest BCUT2D eigenvalue weighted by atomic mass is 15.3. The zero-order valence-electron chi connectivity index (χ0n) is 13.2. The molecule has 1 atom stereocenters. The molecule has 0 spiro atoms. The predicted molar refractivity (Wildman–Crippen MR) is 82.4 cm³/mol. The SMILES string of the molecule is CCCCCCCCn1nc(C)c(CC(C)N)c1C. The van der Waals surface area contributed by atoms with Gasteiger partial charge in [-0.1, -0.05) is 39.0 Å². The van der Waals surface area contributed by atoms with Gasteiger partial charge in [-0.3, -0.25) is 4.68 Å². The average Bonchev–Trinajstić information content (AvgIpc) is 2.61. The van der Waals surface area contributed by atoms with E-state index < -0.39 is 0 Å². The van der Waals surface area contributed by atoms with E-state index >= 15 is 0 Å². The van der Waals surface area contributed by atoms with Crippen LogP contribution in [0.25, 0.3) is 0 Å². The van der Waals surface area contributed by atoms with Crippen molar-refractivity contribution in [1.82, 2.24) is 9.78 Å². The smallest absolute Gasteiger partial charge is 0.0629 e. The average molecular weight is 265 g/mol. The summed E-state index contributed by atoms with van der Waals surface area (Å²) in [6, 6.07) is 0.212. The quantitative estimate of drug-likeness (QED) is 0.691. The Morgan fingerprint density at radius 3 is 2.37 bits per heavy atom. The summed E-state index contributed by atoms with van der Waals surface area (Å²) in [5.74, 6) is 0. The van der Waals surface area contributed by atoms with Crippen LogP contribution in [0.2, 0.25) is 0 Å². The Morgan fingerprint density at radius 2 is 1.74 bits per heavy atom. The zero-order valence-corrected chi connectivity index (χ0v) is 13.2. The van der Waals surface area contributed by atoms with Gasteiger partial charge in [0.05, 0.1) is 5.69 Å². The fourth-order valence-corrected chi connectivity index (χ4v) is 2.61. The molecule has 19 heavy (non-hydrogen) atoms. The number of aryl methyl sites for hydroxylation is 2. The molecule has 0 fully saturated rings. The van der Waals surface area contributed by atoms with E-state index in [0.29, 0.717) is 0 Å². The maximum Gasteiger partial charge on any atom is 0.0629 e. The third-order valence-corrected chi connectivity index (χ3v) is 3.78. The van der Waals surface area contributed by atoms with Crippen LogP contribution in [0.1, 0.15) is 69.3 Å². The van der Waals surface area contributed by atoms with Crippen molar-refractivity contribution in [1.29, 1.82) is 0 Å². The molecule has 0 aliphatic carbocycles. The number of rotatable bonds is 9. The normalized spacial score (nSPS) is 12.9. The second kappa shape index (κ2) is 8.36. The first-order valence-electron chi connectivity index (χ1n) is 7.84. The van der Waals surface area contributed by atoms with Crippen molar-refractivity contribution >= 4 is 0 Å². The molecule has 0 aromatic carbocycles. The first kappa shape index (κ1) is 16.2. The zero-order chi connectivity index (χ0) is 14.3. The van der Waals surface area contributed by atoms with Crippen LogP contribution in [-0.4, -0.2) is 15.8 Å². The molecule has 3 heteroatoms. The van der Waals surface area contributed by atoms with Crippen LogP contribution in [0.5, 0.6) is 0 Å². The van der Waals surface area contributed by atoms with Crippen LogP contribution < -0.4 is 5.73 Å². The molecule has 0 aliphatic rings. The second-order valence-corrected chi connectivity index (χ2v) is 5.82. The molecule has 110 valence electrons. The number of hydrogen-bond donors (Lipinski definition) is 1. The number of hydrogen-bond acceptors (Lipinski definition) is 2. The van der Waals surface area contributed by atoms with Gasteiger partial charge in [0.25, 0.3) is 0 Å². The van der Waals surface area contributed by atoms with Gasteiger partial charge in [0, 0.05) is 18.3 Å². The van der Waals surface area contributed by atoms with Gasteiger partial charge in [0.2, 0.25) is 0 Å². The Kier molecular flexibility index (Phi) is 7.14. The van der Waals surface area contributed by atoms with E-state index in [1.807, 2.05) is 0 Å². The molecule has 0 radical (unpaired) electrons. The van der Waals surface area contributed by atoms with Crippen molar-refractivity contribution in [3.05, 3.63) is 17.0 Å². The molecule has 1 unspecified atom stereocenters. The van der Waals surface area contributed by atoms with Gasteiger partial charge in [-0.05, 0) is 39.2 Å². The molecule has 0 saturated carbocycles. The van der Waals surface area contributed by atoms with E-state index in [1.54, 1.807) is 0 Å². The Bertz CT molecular complexity index is 366. The summed E-state index contributed by atoms with van der Waals surface area (Å²) in [6.45, 7) is 9.65. The molecule has 2 N–H and O–H groups in total. The lowest BCUT2D eigenvalue weighted by atomic mass is 10.1. The van der Waals surface area contributed by atoms with Crippen molar-refractivity contribution in [3.63, 3.8) is 0 Å². The van der Waals surface area contributed by atoms with Gasteiger partial charge in [-0.15, -0.1) is 0 Å². The fraction of sp³-hybridized carbons (Fsp3) is 0.812. The highest BCUT2D eigenvalue weighted by molar-refractivity contribution is 5.25. The number of unbranched alkanes of at least 4 members (excludes halogenated alkanes) is 5. The van der Waals surface area contributed by atoms with E-state index in [-0.39, 0.29) is 6.04 Å². The van der Waals surface area contributed by atoms with Crippen molar-refractivity contribution < 1.29 is 0 Å². The standard InChI is InChI=1S/C16H31N3/c1-5-6-7-8-9-10-11-19-15(4)16(12-13(2)17)14(3)18-19/h13H,5-12,17H2,1-4H3. The minimum atomic E-state index is 0.212. The van der Waals surface area contributed by atoms with E-state index in [1.165, 1.54) is 49.8 Å². The lowest BCUT2D eigenvalue weighted by Gasteiger charge is -2.07. The molecule has 0 saturated heterocycles. The van der Waals surface area contributed by atoms with Gasteiger partial charge in [0.15, 0.2) is 0 Å². The molecular formula is C16H31N3. The fourth-order valence-electron chi connectivity index (χ4n) is 2.61. The minimum Gasteiger partial charge on any atom is -0.328 e. The van der Waals surface area contributed by atoms with Gasteiger partial charge in [0.1, 0.15) is 0 Å². The van der Waals surface area contributed by atoms with Gasteiger partial charge < -0.3 is 5.73 Å². The first-order valence-corrected chi connectivity index (χ1v) is 7.84. The minimum absolute atomic E-state index is 0.212. The van der Waals surface area contributed by atoms with Gasteiger partial charge in [-0.2, -0.15) is 5.10 Å². The van der Waals surface area contributed by atoms with Crippen molar-refractivity contribution in [2.45, 2.75) is 85.2 Å². The monoisotopic (exact) mass is 265 g/mol. The Labute approximate surface area is 118 Å². The van der Waals surface area contributed by atoms with Gasteiger partial charge >= 0.3 is 0 Å². The molecule has 1 rings (SSSR count).